The molecule has 4 rings (SSSR count). The van der Waals surface area contributed by atoms with E-state index in [9.17, 15) is 4.79 Å². The molecule has 1 unspecified atom stereocenters. The molecule has 1 aromatic rings. The summed E-state index contributed by atoms with van der Waals surface area (Å²) in [5, 5.41) is 0. The molecule has 0 bridgehead atoms. The summed E-state index contributed by atoms with van der Waals surface area (Å²) in [6.07, 6.45) is 6.20. The van der Waals surface area contributed by atoms with Gasteiger partial charge in [0, 0.05) is 21.5 Å². The average molecular weight is 394 g/mol. The van der Waals surface area contributed by atoms with Crippen LogP contribution in [-0.4, -0.2) is 12.4 Å². The van der Waals surface area contributed by atoms with E-state index in [0.29, 0.717) is 18.4 Å². The summed E-state index contributed by atoms with van der Waals surface area (Å²) in [6.45, 7) is 0.570. The molecule has 0 radical (unpaired) electrons. The summed E-state index contributed by atoms with van der Waals surface area (Å²) < 4.78 is 12.9. The van der Waals surface area contributed by atoms with Crippen LogP contribution in [0, 0.1) is 21.3 Å². The van der Waals surface area contributed by atoms with Crippen LogP contribution in [0.15, 0.2) is 47.9 Å². The Morgan fingerprint density at radius 1 is 1.43 bits per heavy atom. The number of fused-ring (bicyclic) bond motifs is 3. The van der Waals surface area contributed by atoms with Crippen molar-refractivity contribution in [2.24, 2.45) is 17.8 Å². The Bertz CT molecular complexity index is 649. The molecule has 1 aromatic carbocycles. The molecule has 3 aliphatic rings. The number of halogens is 1. The Kier molecular flexibility index (Phi) is 3.28. The number of carbonyl (C=O) groups is 1. The van der Waals surface area contributed by atoms with E-state index in [2.05, 4.69) is 46.9 Å². The van der Waals surface area contributed by atoms with Crippen molar-refractivity contribution in [3.63, 3.8) is 0 Å². The predicted octanol–water partition coefficient (Wildman–Crippen LogP) is 3.44. The van der Waals surface area contributed by atoms with Crippen molar-refractivity contribution >= 4 is 28.9 Å². The van der Waals surface area contributed by atoms with Crippen LogP contribution in [0.5, 0.6) is 0 Å². The first-order chi connectivity index (χ1) is 10.3. The summed E-state index contributed by atoms with van der Waals surface area (Å²) in [6, 6.07) is 8.29. The summed E-state index contributed by atoms with van der Waals surface area (Å²) in [7, 11) is 0. The molecule has 2 aliphatic carbocycles. The van der Waals surface area contributed by atoms with Crippen molar-refractivity contribution in [3.05, 3.63) is 57.1 Å². The normalized spacial score (nSPS) is 32.2. The second-order valence-electron chi connectivity index (χ2n) is 5.79. The summed E-state index contributed by atoms with van der Waals surface area (Å²) in [5.74, 6) is 2.79. The molecule has 0 amide bonds. The topological polar surface area (TPSA) is 35.5 Å². The minimum Gasteiger partial charge on any atom is -0.493 e. The second-order valence-corrected chi connectivity index (χ2v) is 7.03. The fraction of sp³-hybridized carbons (Fsp3) is 0.353. The van der Waals surface area contributed by atoms with E-state index in [1.165, 1.54) is 9.13 Å². The van der Waals surface area contributed by atoms with Gasteiger partial charge in [0.15, 0.2) is 0 Å². The first kappa shape index (κ1) is 13.4. The maximum Gasteiger partial charge on any atom is 0.127 e. The molecule has 0 N–H and O–H groups in total. The van der Waals surface area contributed by atoms with Crippen LogP contribution in [0.3, 0.4) is 0 Å². The first-order valence-electron chi connectivity index (χ1n) is 7.17. The van der Waals surface area contributed by atoms with E-state index >= 15 is 0 Å². The van der Waals surface area contributed by atoms with Gasteiger partial charge in [-0.1, -0.05) is 12.1 Å². The molecular formula is C17H15IO3. The zero-order valence-electron chi connectivity index (χ0n) is 11.4. The molecular weight excluding hydrogens is 379 g/mol. The van der Waals surface area contributed by atoms with E-state index in [-0.39, 0.29) is 12.0 Å². The molecule has 1 aliphatic heterocycles. The lowest BCUT2D eigenvalue weighted by Gasteiger charge is -2.19. The van der Waals surface area contributed by atoms with Crippen LogP contribution in [0.25, 0.3) is 0 Å². The zero-order chi connectivity index (χ0) is 14.4. The van der Waals surface area contributed by atoms with Crippen LogP contribution >= 0.6 is 22.6 Å². The third-order valence-electron chi connectivity index (χ3n) is 4.47. The lowest BCUT2D eigenvalue weighted by Crippen LogP contribution is -2.11. The fourth-order valence-electron chi connectivity index (χ4n) is 3.34. The molecule has 0 aromatic heterocycles. The summed E-state index contributed by atoms with van der Waals surface area (Å²) >= 11 is 2.30. The predicted molar refractivity (Wildman–Crippen MR) is 86.1 cm³/mol. The summed E-state index contributed by atoms with van der Waals surface area (Å²) in [4.78, 5) is 10.9. The maximum absolute atomic E-state index is 10.9. The Balaban J connectivity index is 1.40. The number of benzene rings is 1. The highest BCUT2D eigenvalue weighted by atomic mass is 127. The molecule has 0 spiro atoms. The first-order valence-corrected chi connectivity index (χ1v) is 8.25. The molecule has 3 nitrogen and oxygen atoms in total. The maximum atomic E-state index is 10.9. The van der Waals surface area contributed by atoms with Crippen molar-refractivity contribution in [1.29, 1.82) is 0 Å². The molecule has 108 valence electrons. The van der Waals surface area contributed by atoms with E-state index < -0.39 is 0 Å². The van der Waals surface area contributed by atoms with Gasteiger partial charge in [0.25, 0.3) is 0 Å². The van der Waals surface area contributed by atoms with Crippen LogP contribution in [0.1, 0.15) is 12.0 Å². The van der Waals surface area contributed by atoms with Crippen LogP contribution in [0.4, 0.5) is 0 Å². The van der Waals surface area contributed by atoms with Gasteiger partial charge in [-0.25, -0.2) is 0 Å². The quantitative estimate of drug-likeness (QED) is 0.580. The number of hydrogen-bond donors (Lipinski definition) is 0. The molecule has 1 saturated carbocycles. The minimum absolute atomic E-state index is 0.120. The Morgan fingerprint density at radius 2 is 2.33 bits per heavy atom. The van der Waals surface area contributed by atoms with E-state index in [1.54, 1.807) is 0 Å². The van der Waals surface area contributed by atoms with Crippen molar-refractivity contribution < 1.29 is 14.3 Å². The molecule has 4 heteroatoms. The number of carbonyl (C=O) groups excluding carboxylic acids is 1. The highest BCUT2D eigenvalue weighted by Gasteiger charge is 2.62. The van der Waals surface area contributed by atoms with Crippen LogP contribution in [0.2, 0.25) is 0 Å². The number of aldehydes is 1. The van der Waals surface area contributed by atoms with E-state index in [0.717, 1.165) is 24.2 Å². The van der Waals surface area contributed by atoms with Crippen LogP contribution in [-0.2, 0) is 20.9 Å². The van der Waals surface area contributed by atoms with Crippen molar-refractivity contribution in [3.8, 4) is 0 Å². The number of hydrogen-bond acceptors (Lipinski definition) is 3. The highest BCUT2D eigenvalue weighted by molar-refractivity contribution is 14.1. The zero-order valence-corrected chi connectivity index (χ0v) is 13.5. The SMILES string of the molecule is O=C[C@H]1[C@@H]2OC3=CC(OCc4cccc(I)c4)=CCC3[C@H]12. The van der Waals surface area contributed by atoms with Gasteiger partial charge < -0.3 is 14.3 Å². The lowest BCUT2D eigenvalue weighted by atomic mass is 9.93. The number of allylic oxidation sites excluding steroid dienone is 3. The van der Waals surface area contributed by atoms with E-state index in [1.807, 2.05) is 12.1 Å². The van der Waals surface area contributed by atoms with Gasteiger partial charge in [-0.3, -0.25) is 0 Å². The largest absolute Gasteiger partial charge is 0.493 e. The Morgan fingerprint density at radius 3 is 3.14 bits per heavy atom. The standard InChI is InChI=1S/C17H15IO3/c18-11-3-1-2-10(6-11)9-20-12-4-5-13-15(7-12)21-17-14(8-19)16(13)17/h1-4,6-8,13-14,16-17H,5,9H2/t13?,14-,16-,17+/m1/s1. The lowest BCUT2D eigenvalue weighted by molar-refractivity contribution is -0.110. The van der Waals surface area contributed by atoms with Gasteiger partial charge >= 0.3 is 0 Å². The molecule has 2 fully saturated rings. The molecule has 1 saturated heterocycles. The third-order valence-corrected chi connectivity index (χ3v) is 5.14. The highest BCUT2D eigenvalue weighted by Crippen LogP contribution is 2.58. The fourth-order valence-corrected chi connectivity index (χ4v) is 3.94. The second kappa shape index (κ2) is 5.16. The monoisotopic (exact) mass is 394 g/mol. The van der Waals surface area contributed by atoms with Crippen molar-refractivity contribution in [2.45, 2.75) is 19.1 Å². The van der Waals surface area contributed by atoms with Crippen molar-refractivity contribution in [2.75, 3.05) is 0 Å². The van der Waals surface area contributed by atoms with Crippen LogP contribution < -0.4 is 0 Å². The van der Waals surface area contributed by atoms with Gasteiger partial charge in [-0.2, -0.15) is 0 Å². The third kappa shape index (κ3) is 2.39. The van der Waals surface area contributed by atoms with Gasteiger partial charge in [0.05, 0.1) is 5.92 Å². The van der Waals surface area contributed by atoms with Gasteiger partial charge in [-0.15, -0.1) is 0 Å². The summed E-state index contributed by atoms with van der Waals surface area (Å²) in [5.41, 5.74) is 1.17. The average Bonchev–Trinajstić information content (AvgIpc) is 3.05. The molecule has 4 atom stereocenters. The Hall–Kier alpha value is -1.30. The van der Waals surface area contributed by atoms with Crippen molar-refractivity contribution in [1.82, 2.24) is 0 Å². The Labute approximate surface area is 137 Å². The van der Waals surface area contributed by atoms with Gasteiger partial charge in [-0.05, 0) is 52.8 Å². The minimum atomic E-state index is 0.120. The van der Waals surface area contributed by atoms with Gasteiger partial charge in [0.2, 0.25) is 0 Å². The number of ether oxygens (including phenoxy) is 2. The molecule has 21 heavy (non-hydrogen) atoms. The molecule has 1 heterocycles. The van der Waals surface area contributed by atoms with Gasteiger partial charge in [0.1, 0.15) is 30.5 Å². The number of rotatable bonds is 4. The van der Waals surface area contributed by atoms with E-state index in [4.69, 9.17) is 9.47 Å². The smallest absolute Gasteiger partial charge is 0.127 e.